The van der Waals surface area contributed by atoms with E-state index >= 15 is 0 Å². The molecule has 26 heavy (non-hydrogen) atoms. The van der Waals surface area contributed by atoms with Crippen LogP contribution in [0.25, 0.3) is 0 Å². The molecule has 1 aromatic rings. The lowest BCUT2D eigenvalue weighted by atomic mass is 10.1. The second kappa shape index (κ2) is 10.3. The van der Waals surface area contributed by atoms with Crippen LogP contribution in [0.2, 0.25) is 0 Å². The van der Waals surface area contributed by atoms with Gasteiger partial charge in [-0.1, -0.05) is 12.1 Å². The first-order valence-corrected chi connectivity index (χ1v) is 8.33. The first-order valence-electron chi connectivity index (χ1n) is 8.33. The van der Waals surface area contributed by atoms with E-state index in [0.29, 0.717) is 6.54 Å². The molecule has 3 N–H and O–H groups in total. The maximum absolute atomic E-state index is 11.8. The zero-order valence-electron chi connectivity index (χ0n) is 15.7. The highest BCUT2D eigenvalue weighted by Gasteiger charge is 2.16. The molecule has 1 rings (SSSR count). The lowest BCUT2D eigenvalue weighted by molar-refractivity contribution is -0.122. The van der Waals surface area contributed by atoms with Crippen molar-refractivity contribution in [3.05, 3.63) is 29.8 Å². The summed E-state index contributed by atoms with van der Waals surface area (Å²) >= 11 is 0. The Kier molecular flexibility index (Phi) is 8.41. The zero-order valence-corrected chi connectivity index (χ0v) is 15.7. The van der Waals surface area contributed by atoms with E-state index in [1.807, 2.05) is 12.1 Å². The fraction of sp³-hybridized carbons (Fsp3) is 0.500. The standard InChI is InChI=1S/C18H27N3O5/c1-18(2,3)26-17(24)21-12-16(23)20-10-9-19-15(22)11-13-5-7-14(25-4)8-6-13/h5-8H,9-12H2,1-4H3,(H,19,22)(H,20,23)(H,21,24). The Bertz CT molecular complexity index is 608. The van der Waals surface area contributed by atoms with Crippen molar-refractivity contribution in [2.45, 2.75) is 32.8 Å². The zero-order chi connectivity index (χ0) is 19.6. The predicted molar refractivity (Wildman–Crippen MR) is 97.0 cm³/mol. The Balaban J connectivity index is 2.15. The molecular formula is C18H27N3O5. The molecule has 0 atom stereocenters. The molecule has 0 aliphatic carbocycles. The van der Waals surface area contributed by atoms with Crippen LogP contribution in [-0.2, 0) is 20.7 Å². The molecule has 8 heteroatoms. The SMILES string of the molecule is COc1ccc(CC(=O)NCCNC(=O)CNC(=O)OC(C)(C)C)cc1. The third kappa shape index (κ3) is 9.51. The highest BCUT2D eigenvalue weighted by molar-refractivity contribution is 5.82. The van der Waals surface area contributed by atoms with Crippen molar-refractivity contribution >= 4 is 17.9 Å². The van der Waals surface area contributed by atoms with Crippen LogP contribution in [0.3, 0.4) is 0 Å². The second-order valence-electron chi connectivity index (χ2n) is 6.58. The van der Waals surface area contributed by atoms with Crippen molar-refractivity contribution in [2.75, 3.05) is 26.7 Å². The van der Waals surface area contributed by atoms with Crippen LogP contribution in [0.4, 0.5) is 4.79 Å². The van der Waals surface area contributed by atoms with Crippen LogP contribution in [-0.4, -0.2) is 50.3 Å². The van der Waals surface area contributed by atoms with Crippen molar-refractivity contribution in [1.29, 1.82) is 0 Å². The molecule has 8 nitrogen and oxygen atoms in total. The Labute approximate surface area is 153 Å². The summed E-state index contributed by atoms with van der Waals surface area (Å²) in [7, 11) is 1.58. The highest BCUT2D eigenvalue weighted by atomic mass is 16.6. The maximum atomic E-state index is 11.8. The van der Waals surface area contributed by atoms with Gasteiger partial charge in [-0.25, -0.2) is 4.79 Å². The van der Waals surface area contributed by atoms with Gasteiger partial charge in [0.05, 0.1) is 20.1 Å². The lowest BCUT2D eigenvalue weighted by Gasteiger charge is -2.19. The number of nitrogens with one attached hydrogen (secondary N) is 3. The van der Waals surface area contributed by atoms with Crippen molar-refractivity contribution in [3.8, 4) is 5.75 Å². The molecule has 0 saturated heterocycles. The highest BCUT2D eigenvalue weighted by Crippen LogP contribution is 2.11. The molecular weight excluding hydrogens is 338 g/mol. The van der Waals surface area contributed by atoms with Gasteiger partial charge >= 0.3 is 6.09 Å². The van der Waals surface area contributed by atoms with Crippen molar-refractivity contribution in [2.24, 2.45) is 0 Å². The van der Waals surface area contributed by atoms with E-state index in [9.17, 15) is 14.4 Å². The third-order valence-corrected chi connectivity index (χ3v) is 3.09. The molecule has 0 spiro atoms. The van der Waals surface area contributed by atoms with E-state index in [4.69, 9.17) is 9.47 Å². The number of benzene rings is 1. The number of rotatable bonds is 8. The predicted octanol–water partition coefficient (Wildman–Crippen LogP) is 0.995. The summed E-state index contributed by atoms with van der Waals surface area (Å²) in [5.74, 6) is 0.230. The van der Waals surface area contributed by atoms with Gasteiger partial charge < -0.3 is 25.4 Å². The van der Waals surface area contributed by atoms with Gasteiger partial charge in [0.15, 0.2) is 0 Å². The summed E-state index contributed by atoms with van der Waals surface area (Å²) < 4.78 is 10.1. The van der Waals surface area contributed by atoms with Gasteiger partial charge in [0.25, 0.3) is 0 Å². The van der Waals surface area contributed by atoms with E-state index in [-0.39, 0.29) is 31.3 Å². The molecule has 0 aliphatic heterocycles. The Hall–Kier alpha value is -2.77. The minimum atomic E-state index is -0.652. The van der Waals surface area contributed by atoms with E-state index in [2.05, 4.69) is 16.0 Å². The number of hydrogen-bond acceptors (Lipinski definition) is 5. The lowest BCUT2D eigenvalue weighted by Crippen LogP contribution is -2.42. The van der Waals surface area contributed by atoms with Crippen molar-refractivity contribution < 1.29 is 23.9 Å². The van der Waals surface area contributed by atoms with Crippen LogP contribution in [0, 0.1) is 0 Å². The van der Waals surface area contributed by atoms with Crippen LogP contribution in [0.1, 0.15) is 26.3 Å². The number of alkyl carbamates (subject to hydrolysis) is 1. The average molecular weight is 365 g/mol. The summed E-state index contributed by atoms with van der Waals surface area (Å²) in [5, 5.41) is 7.67. The summed E-state index contributed by atoms with van der Waals surface area (Å²) in [6, 6.07) is 7.23. The minimum Gasteiger partial charge on any atom is -0.497 e. The number of carbonyl (C=O) groups is 3. The number of methoxy groups -OCH3 is 1. The Morgan fingerprint density at radius 1 is 0.923 bits per heavy atom. The largest absolute Gasteiger partial charge is 0.497 e. The number of carbonyl (C=O) groups excluding carboxylic acids is 3. The van der Waals surface area contributed by atoms with Crippen LogP contribution in [0.5, 0.6) is 5.75 Å². The second-order valence-corrected chi connectivity index (χ2v) is 6.58. The quantitative estimate of drug-likeness (QED) is 0.596. The number of amides is 3. The topological polar surface area (TPSA) is 106 Å². The van der Waals surface area contributed by atoms with E-state index in [0.717, 1.165) is 11.3 Å². The fourth-order valence-electron chi connectivity index (χ4n) is 1.92. The third-order valence-electron chi connectivity index (χ3n) is 3.09. The van der Waals surface area contributed by atoms with Gasteiger partial charge in [-0.05, 0) is 38.5 Å². The van der Waals surface area contributed by atoms with Gasteiger partial charge in [0.1, 0.15) is 11.4 Å². The van der Waals surface area contributed by atoms with Crippen LogP contribution >= 0.6 is 0 Å². The summed E-state index contributed by atoms with van der Waals surface area (Å²) in [6.45, 7) is 5.59. The molecule has 0 radical (unpaired) electrons. The van der Waals surface area contributed by atoms with E-state index in [1.165, 1.54) is 0 Å². The van der Waals surface area contributed by atoms with Gasteiger partial charge in [-0.15, -0.1) is 0 Å². The van der Waals surface area contributed by atoms with Gasteiger partial charge in [-0.3, -0.25) is 9.59 Å². The Morgan fingerprint density at radius 3 is 2.04 bits per heavy atom. The summed E-state index contributed by atoms with van der Waals surface area (Å²) in [4.78, 5) is 34.9. The molecule has 0 bridgehead atoms. The smallest absolute Gasteiger partial charge is 0.408 e. The number of ether oxygens (including phenoxy) is 2. The first-order chi connectivity index (χ1) is 12.2. The first kappa shape index (κ1) is 21.3. The minimum absolute atomic E-state index is 0.142. The molecule has 0 unspecified atom stereocenters. The maximum Gasteiger partial charge on any atom is 0.408 e. The van der Waals surface area contributed by atoms with Crippen LogP contribution in [0.15, 0.2) is 24.3 Å². The monoisotopic (exact) mass is 365 g/mol. The Morgan fingerprint density at radius 2 is 1.50 bits per heavy atom. The fourth-order valence-corrected chi connectivity index (χ4v) is 1.92. The van der Waals surface area contributed by atoms with E-state index < -0.39 is 11.7 Å². The van der Waals surface area contributed by atoms with Crippen LogP contribution < -0.4 is 20.7 Å². The van der Waals surface area contributed by atoms with Gasteiger partial charge in [0.2, 0.25) is 11.8 Å². The summed E-state index contributed by atoms with van der Waals surface area (Å²) in [6.07, 6.45) is -0.404. The molecule has 3 amide bonds. The molecule has 0 heterocycles. The molecule has 144 valence electrons. The van der Waals surface area contributed by atoms with Crippen molar-refractivity contribution in [3.63, 3.8) is 0 Å². The summed E-state index contributed by atoms with van der Waals surface area (Å²) in [5.41, 5.74) is 0.253. The molecule has 0 aliphatic rings. The normalized spacial score (nSPS) is 10.6. The molecule has 1 aromatic carbocycles. The molecule has 0 aromatic heterocycles. The van der Waals surface area contributed by atoms with Gasteiger partial charge in [0, 0.05) is 13.1 Å². The number of hydrogen-bond donors (Lipinski definition) is 3. The average Bonchev–Trinajstić information content (AvgIpc) is 2.56. The van der Waals surface area contributed by atoms with Crippen molar-refractivity contribution in [1.82, 2.24) is 16.0 Å². The van der Waals surface area contributed by atoms with E-state index in [1.54, 1.807) is 40.0 Å². The molecule has 0 fully saturated rings. The molecule has 0 saturated carbocycles. The van der Waals surface area contributed by atoms with Gasteiger partial charge in [-0.2, -0.15) is 0 Å².